The molecule has 2 heteroatoms. The van der Waals surface area contributed by atoms with Crippen molar-refractivity contribution in [2.45, 2.75) is 40.5 Å². The van der Waals surface area contributed by atoms with E-state index in [1.165, 1.54) is 6.54 Å². The van der Waals surface area contributed by atoms with Crippen molar-refractivity contribution in [2.75, 3.05) is 19.6 Å². The highest BCUT2D eigenvalue weighted by Gasteiger charge is 2.65. The van der Waals surface area contributed by atoms with Crippen LogP contribution in [0.3, 0.4) is 0 Å². The van der Waals surface area contributed by atoms with Gasteiger partial charge < -0.3 is 4.90 Å². The van der Waals surface area contributed by atoms with E-state index < -0.39 is 0 Å². The fraction of sp³-hybridized carbons (Fsp3) is 0.929. The first-order valence-corrected chi connectivity index (χ1v) is 6.57. The van der Waals surface area contributed by atoms with Crippen LogP contribution in [0, 0.1) is 22.2 Å². The number of nitrogens with zero attached hydrogens (tertiary/aromatic N) is 1. The van der Waals surface area contributed by atoms with Crippen LogP contribution in [0.5, 0.6) is 0 Å². The third-order valence-corrected chi connectivity index (χ3v) is 5.49. The molecule has 0 amide bonds. The summed E-state index contributed by atoms with van der Waals surface area (Å²) in [5.41, 5.74) is 0.315. The van der Waals surface area contributed by atoms with Gasteiger partial charge in [0.15, 0.2) is 0 Å². The van der Waals surface area contributed by atoms with Crippen molar-refractivity contribution >= 4 is 5.78 Å². The van der Waals surface area contributed by atoms with Crippen molar-refractivity contribution in [1.29, 1.82) is 0 Å². The molecule has 0 aromatic carbocycles. The lowest BCUT2D eigenvalue weighted by Gasteiger charge is -2.66. The highest BCUT2D eigenvalue weighted by atomic mass is 16.1. The van der Waals surface area contributed by atoms with Crippen molar-refractivity contribution in [3.63, 3.8) is 0 Å². The third-order valence-electron chi connectivity index (χ3n) is 5.49. The summed E-state index contributed by atoms with van der Waals surface area (Å²) in [4.78, 5) is 15.1. The summed E-state index contributed by atoms with van der Waals surface area (Å²) in [6.07, 6.45) is 2.26. The minimum atomic E-state index is -0.0478. The summed E-state index contributed by atoms with van der Waals surface area (Å²) in [7, 11) is 0. The van der Waals surface area contributed by atoms with E-state index in [1.807, 2.05) is 0 Å². The number of carbonyl (C=O) groups is 1. The molecule has 1 aliphatic carbocycles. The molecule has 0 N–H and O–H groups in total. The van der Waals surface area contributed by atoms with Gasteiger partial charge >= 0.3 is 0 Å². The lowest BCUT2D eigenvalue weighted by Crippen LogP contribution is -2.72. The van der Waals surface area contributed by atoms with Gasteiger partial charge in [-0.3, -0.25) is 4.79 Å². The Morgan fingerprint density at radius 2 is 1.56 bits per heavy atom. The molecule has 3 heterocycles. The molecule has 3 saturated heterocycles. The zero-order valence-corrected chi connectivity index (χ0v) is 11.0. The number of Topliss-reactive ketones (excluding diaryl/α,β-unsaturated/α-hetero) is 1. The Hall–Kier alpha value is -0.370. The highest BCUT2D eigenvalue weighted by Crippen LogP contribution is 2.61. The Morgan fingerprint density at radius 3 is 2.00 bits per heavy atom. The summed E-state index contributed by atoms with van der Waals surface area (Å²) in [6.45, 7) is 12.3. The van der Waals surface area contributed by atoms with Crippen LogP contribution >= 0.6 is 0 Å². The van der Waals surface area contributed by atoms with Gasteiger partial charge in [0.25, 0.3) is 0 Å². The topological polar surface area (TPSA) is 20.3 Å². The first-order chi connectivity index (χ1) is 7.30. The molecular weight excluding hydrogens is 198 g/mol. The second-order valence-electron chi connectivity index (χ2n) is 7.47. The zero-order chi connectivity index (χ0) is 11.8. The number of hydrogen-bond donors (Lipinski definition) is 0. The van der Waals surface area contributed by atoms with E-state index in [0.717, 1.165) is 25.9 Å². The average molecular weight is 221 g/mol. The second-order valence-corrected chi connectivity index (χ2v) is 7.47. The van der Waals surface area contributed by atoms with E-state index in [2.05, 4.69) is 32.6 Å². The molecule has 0 aromatic heterocycles. The molecule has 1 saturated carbocycles. The molecular formula is C14H23NO. The molecule has 2 unspecified atom stereocenters. The van der Waals surface area contributed by atoms with E-state index in [-0.39, 0.29) is 10.8 Å². The maximum absolute atomic E-state index is 12.6. The van der Waals surface area contributed by atoms with Crippen molar-refractivity contribution in [1.82, 2.24) is 4.90 Å². The van der Waals surface area contributed by atoms with E-state index in [1.54, 1.807) is 0 Å². The second kappa shape index (κ2) is 2.72. The Morgan fingerprint density at radius 1 is 1.06 bits per heavy atom. The summed E-state index contributed by atoms with van der Waals surface area (Å²) < 4.78 is 0. The van der Waals surface area contributed by atoms with Crippen LogP contribution < -0.4 is 0 Å². The third kappa shape index (κ3) is 1.09. The van der Waals surface area contributed by atoms with E-state index in [0.29, 0.717) is 17.1 Å². The van der Waals surface area contributed by atoms with Gasteiger partial charge in [0, 0.05) is 30.5 Å². The molecule has 4 aliphatic rings. The minimum Gasteiger partial charge on any atom is -0.301 e. The van der Waals surface area contributed by atoms with Gasteiger partial charge in [0.1, 0.15) is 5.78 Å². The van der Waals surface area contributed by atoms with Gasteiger partial charge in [-0.2, -0.15) is 0 Å². The monoisotopic (exact) mass is 221 g/mol. The SMILES string of the molecule is CC(C)C12CN3CC(C)(C1)C(=O)C(C)(C3)C2. The van der Waals surface area contributed by atoms with Gasteiger partial charge in [0.2, 0.25) is 0 Å². The Balaban J connectivity index is 2.09. The molecule has 2 atom stereocenters. The Labute approximate surface area is 98.4 Å². The van der Waals surface area contributed by atoms with Crippen LogP contribution in [0.4, 0.5) is 0 Å². The van der Waals surface area contributed by atoms with Gasteiger partial charge in [-0.1, -0.05) is 27.7 Å². The quantitative estimate of drug-likeness (QED) is 0.677. The lowest BCUT2D eigenvalue weighted by atomic mass is 9.45. The van der Waals surface area contributed by atoms with Crippen LogP contribution in [0.1, 0.15) is 40.5 Å². The Kier molecular flexibility index (Phi) is 1.83. The summed E-state index contributed by atoms with van der Waals surface area (Å²) >= 11 is 0. The predicted octanol–water partition coefficient (Wildman–Crippen LogP) is 2.33. The first-order valence-electron chi connectivity index (χ1n) is 6.57. The van der Waals surface area contributed by atoms with Crippen molar-refractivity contribution in [2.24, 2.45) is 22.2 Å². The van der Waals surface area contributed by atoms with Crippen LogP contribution in [0.15, 0.2) is 0 Å². The van der Waals surface area contributed by atoms with Crippen molar-refractivity contribution < 1.29 is 4.79 Å². The van der Waals surface area contributed by atoms with Crippen LogP contribution in [0.2, 0.25) is 0 Å². The first kappa shape index (κ1) is 10.8. The van der Waals surface area contributed by atoms with Gasteiger partial charge in [0.05, 0.1) is 0 Å². The fourth-order valence-corrected chi connectivity index (χ4v) is 5.06. The van der Waals surface area contributed by atoms with E-state index in [9.17, 15) is 4.79 Å². The van der Waals surface area contributed by atoms with E-state index in [4.69, 9.17) is 0 Å². The molecule has 16 heavy (non-hydrogen) atoms. The minimum absolute atomic E-state index is 0.0478. The number of rotatable bonds is 1. The van der Waals surface area contributed by atoms with Crippen LogP contribution in [-0.2, 0) is 4.79 Å². The van der Waals surface area contributed by atoms with Gasteiger partial charge in [-0.25, -0.2) is 0 Å². The molecule has 0 spiro atoms. The standard InChI is InChI=1S/C14H23NO/c1-10(2)14-5-12(3)7-15(9-14)8-13(4,6-14)11(12)16/h10H,5-9H2,1-4H3. The van der Waals surface area contributed by atoms with Crippen molar-refractivity contribution in [3.8, 4) is 0 Å². The number of carbonyl (C=O) groups excluding carboxylic acids is 1. The largest absolute Gasteiger partial charge is 0.301 e. The maximum atomic E-state index is 12.6. The van der Waals surface area contributed by atoms with Crippen LogP contribution in [-0.4, -0.2) is 30.3 Å². The summed E-state index contributed by atoms with van der Waals surface area (Å²) in [6, 6.07) is 0. The number of hydrogen-bond acceptors (Lipinski definition) is 2. The van der Waals surface area contributed by atoms with E-state index >= 15 is 0 Å². The molecule has 2 nitrogen and oxygen atoms in total. The molecule has 0 radical (unpaired) electrons. The maximum Gasteiger partial charge on any atom is 0.147 e. The normalized spacial score (nSPS) is 55.1. The molecule has 0 aromatic rings. The van der Waals surface area contributed by atoms with Crippen molar-refractivity contribution in [3.05, 3.63) is 0 Å². The zero-order valence-electron chi connectivity index (χ0n) is 11.0. The molecule has 3 aliphatic heterocycles. The smallest absolute Gasteiger partial charge is 0.147 e. The Bertz CT molecular complexity index is 338. The average Bonchev–Trinajstić information content (AvgIpc) is 2.12. The lowest BCUT2D eigenvalue weighted by molar-refractivity contribution is -0.189. The van der Waals surface area contributed by atoms with Gasteiger partial charge in [-0.15, -0.1) is 0 Å². The fourth-order valence-electron chi connectivity index (χ4n) is 5.06. The summed E-state index contributed by atoms with van der Waals surface area (Å²) in [5.74, 6) is 1.24. The molecule has 4 bridgehead atoms. The highest BCUT2D eigenvalue weighted by molar-refractivity contribution is 5.92. The summed E-state index contributed by atoms with van der Waals surface area (Å²) in [5, 5.41) is 0. The predicted molar refractivity (Wildman–Crippen MR) is 64.2 cm³/mol. The molecule has 4 fully saturated rings. The van der Waals surface area contributed by atoms with Crippen LogP contribution in [0.25, 0.3) is 0 Å². The number of ketones is 1. The number of piperidine rings is 3. The molecule has 4 rings (SSSR count). The molecule has 90 valence electrons. The van der Waals surface area contributed by atoms with Gasteiger partial charge in [-0.05, 0) is 24.2 Å².